The number of carbonyl (C=O) groups excluding carboxylic acids is 1. The van der Waals surface area contributed by atoms with Gasteiger partial charge in [0.2, 0.25) is 0 Å². The molecule has 1 aliphatic rings. The van der Waals surface area contributed by atoms with Gasteiger partial charge in [0.15, 0.2) is 0 Å². The molecule has 1 aromatic carbocycles. The fourth-order valence-corrected chi connectivity index (χ4v) is 2.86. The molecule has 1 saturated heterocycles. The highest BCUT2D eigenvalue weighted by molar-refractivity contribution is 6.06. The van der Waals surface area contributed by atoms with E-state index >= 15 is 0 Å². The molecule has 0 radical (unpaired) electrons. The van der Waals surface area contributed by atoms with Gasteiger partial charge in [-0.3, -0.25) is 9.78 Å². The zero-order valence-corrected chi connectivity index (χ0v) is 11.2. The zero-order valence-electron chi connectivity index (χ0n) is 11.2. The summed E-state index contributed by atoms with van der Waals surface area (Å²) in [4.78, 5) is 18.2. The number of piperidine rings is 1. The number of aromatic nitrogens is 1. The minimum absolute atomic E-state index is 0.136. The third-order valence-corrected chi connectivity index (χ3v) is 3.79. The van der Waals surface area contributed by atoms with Crippen LogP contribution in [-0.4, -0.2) is 30.0 Å². The Balaban J connectivity index is 2.19. The Morgan fingerprint density at radius 2 is 2.15 bits per heavy atom. The molecule has 5 heteroatoms. The second kappa shape index (κ2) is 5.09. The van der Waals surface area contributed by atoms with Crippen molar-refractivity contribution in [2.24, 2.45) is 11.5 Å². The van der Waals surface area contributed by atoms with E-state index in [1.165, 1.54) is 0 Å². The number of fused-ring (bicyclic) bond motifs is 1. The number of carbonyl (C=O) groups is 1. The summed E-state index contributed by atoms with van der Waals surface area (Å²) < 4.78 is 0. The lowest BCUT2D eigenvalue weighted by atomic mass is 10.0. The number of pyridine rings is 1. The lowest BCUT2D eigenvalue weighted by Gasteiger charge is -2.34. The highest BCUT2D eigenvalue weighted by atomic mass is 16.1. The van der Waals surface area contributed by atoms with Crippen LogP contribution in [0.1, 0.15) is 23.2 Å². The lowest BCUT2D eigenvalue weighted by Crippen LogP contribution is -2.43. The van der Waals surface area contributed by atoms with Crippen molar-refractivity contribution in [2.45, 2.75) is 18.9 Å². The molecule has 0 spiro atoms. The highest BCUT2D eigenvalue weighted by Gasteiger charge is 2.23. The molecule has 1 unspecified atom stereocenters. The first kappa shape index (κ1) is 12.9. The fourth-order valence-electron chi connectivity index (χ4n) is 2.86. The Bertz CT molecular complexity index is 655. The van der Waals surface area contributed by atoms with E-state index in [9.17, 15) is 4.79 Å². The van der Waals surface area contributed by atoms with Crippen molar-refractivity contribution >= 4 is 22.5 Å². The molecule has 0 aliphatic carbocycles. The van der Waals surface area contributed by atoms with E-state index in [-0.39, 0.29) is 6.04 Å². The van der Waals surface area contributed by atoms with Crippen molar-refractivity contribution in [2.75, 3.05) is 18.0 Å². The van der Waals surface area contributed by atoms with Gasteiger partial charge < -0.3 is 16.4 Å². The number of benzene rings is 1. The average molecular weight is 270 g/mol. The predicted octanol–water partition coefficient (Wildman–Crippen LogP) is 1.26. The number of anilines is 1. The number of para-hydroxylation sites is 1. The van der Waals surface area contributed by atoms with Crippen LogP contribution in [0.3, 0.4) is 0 Å². The van der Waals surface area contributed by atoms with Gasteiger partial charge in [-0.1, -0.05) is 18.2 Å². The summed E-state index contributed by atoms with van der Waals surface area (Å²) in [6.07, 6.45) is 3.61. The molecule has 5 nitrogen and oxygen atoms in total. The van der Waals surface area contributed by atoms with Gasteiger partial charge in [0.05, 0.1) is 16.8 Å². The molecule has 104 valence electrons. The molecule has 1 amide bonds. The maximum atomic E-state index is 11.7. The Morgan fingerprint density at radius 1 is 1.35 bits per heavy atom. The number of primary amides is 1. The van der Waals surface area contributed by atoms with Crippen molar-refractivity contribution in [3.05, 3.63) is 36.0 Å². The Kier molecular flexibility index (Phi) is 3.28. The number of hydrogen-bond donors (Lipinski definition) is 2. The van der Waals surface area contributed by atoms with Crippen LogP contribution in [0, 0.1) is 0 Å². The molecule has 1 atom stereocenters. The molecule has 2 aromatic rings. The Morgan fingerprint density at radius 3 is 2.90 bits per heavy atom. The highest BCUT2D eigenvalue weighted by Crippen LogP contribution is 2.31. The lowest BCUT2D eigenvalue weighted by molar-refractivity contribution is 0.100. The molecule has 0 bridgehead atoms. The topological polar surface area (TPSA) is 85.2 Å². The summed E-state index contributed by atoms with van der Waals surface area (Å²) in [5, 5.41) is 0.956. The number of amides is 1. The summed E-state index contributed by atoms with van der Waals surface area (Å²) in [6.45, 7) is 1.64. The monoisotopic (exact) mass is 270 g/mol. The van der Waals surface area contributed by atoms with Gasteiger partial charge in [-0.25, -0.2) is 0 Å². The van der Waals surface area contributed by atoms with Gasteiger partial charge in [-0.05, 0) is 18.9 Å². The largest absolute Gasteiger partial charge is 0.369 e. The summed E-state index contributed by atoms with van der Waals surface area (Å²) >= 11 is 0. The molecule has 0 saturated carbocycles. The Labute approximate surface area is 117 Å². The van der Waals surface area contributed by atoms with Crippen LogP contribution < -0.4 is 16.4 Å². The first-order valence-corrected chi connectivity index (χ1v) is 6.85. The van der Waals surface area contributed by atoms with Crippen molar-refractivity contribution in [1.29, 1.82) is 0 Å². The molecule has 3 rings (SSSR count). The van der Waals surface area contributed by atoms with E-state index < -0.39 is 5.91 Å². The van der Waals surface area contributed by atoms with E-state index in [0.29, 0.717) is 5.56 Å². The minimum atomic E-state index is -0.447. The molecule has 4 N–H and O–H groups in total. The first-order chi connectivity index (χ1) is 9.66. The van der Waals surface area contributed by atoms with Gasteiger partial charge in [0.1, 0.15) is 0 Å². The maximum Gasteiger partial charge on any atom is 0.252 e. The zero-order chi connectivity index (χ0) is 14.1. The van der Waals surface area contributed by atoms with Crippen LogP contribution in [0.15, 0.2) is 30.5 Å². The SMILES string of the molecule is NC(=O)c1cnc2ccccc2c1N1CCCC(N)C1. The molecular weight excluding hydrogens is 252 g/mol. The van der Waals surface area contributed by atoms with Crippen LogP contribution in [0.4, 0.5) is 5.69 Å². The predicted molar refractivity (Wildman–Crippen MR) is 79.7 cm³/mol. The summed E-state index contributed by atoms with van der Waals surface area (Å²) in [7, 11) is 0. The smallest absolute Gasteiger partial charge is 0.252 e. The van der Waals surface area contributed by atoms with Gasteiger partial charge in [-0.2, -0.15) is 0 Å². The van der Waals surface area contributed by atoms with E-state index in [1.807, 2.05) is 24.3 Å². The number of nitrogens with two attached hydrogens (primary N) is 2. The van der Waals surface area contributed by atoms with Crippen LogP contribution in [0.2, 0.25) is 0 Å². The number of rotatable bonds is 2. The van der Waals surface area contributed by atoms with E-state index in [0.717, 1.165) is 42.5 Å². The van der Waals surface area contributed by atoms with Crippen LogP contribution >= 0.6 is 0 Å². The van der Waals surface area contributed by atoms with E-state index in [4.69, 9.17) is 11.5 Å². The third-order valence-electron chi connectivity index (χ3n) is 3.79. The normalized spacial score (nSPS) is 19.2. The molecule has 20 heavy (non-hydrogen) atoms. The fraction of sp³-hybridized carbons (Fsp3) is 0.333. The van der Waals surface area contributed by atoms with Gasteiger partial charge in [0.25, 0.3) is 5.91 Å². The van der Waals surface area contributed by atoms with Gasteiger partial charge in [0, 0.05) is 30.7 Å². The molecule has 1 aliphatic heterocycles. The second-order valence-electron chi connectivity index (χ2n) is 5.25. The third kappa shape index (κ3) is 2.20. The van der Waals surface area contributed by atoms with Gasteiger partial charge in [-0.15, -0.1) is 0 Å². The molecular formula is C15H18N4O. The summed E-state index contributed by atoms with van der Waals surface area (Å²) in [5.41, 5.74) is 13.8. The minimum Gasteiger partial charge on any atom is -0.369 e. The average Bonchev–Trinajstić information content (AvgIpc) is 2.46. The quantitative estimate of drug-likeness (QED) is 0.860. The van der Waals surface area contributed by atoms with Crippen molar-refractivity contribution in [3.63, 3.8) is 0 Å². The molecule has 2 heterocycles. The summed E-state index contributed by atoms with van der Waals surface area (Å²) in [6, 6.07) is 7.93. The summed E-state index contributed by atoms with van der Waals surface area (Å²) in [5.74, 6) is -0.447. The van der Waals surface area contributed by atoms with Crippen LogP contribution in [0.5, 0.6) is 0 Å². The number of hydrogen-bond acceptors (Lipinski definition) is 4. The van der Waals surface area contributed by atoms with Crippen molar-refractivity contribution < 1.29 is 4.79 Å². The molecule has 1 aromatic heterocycles. The molecule has 1 fully saturated rings. The second-order valence-corrected chi connectivity index (χ2v) is 5.25. The van der Waals surface area contributed by atoms with E-state index in [2.05, 4.69) is 9.88 Å². The Hall–Kier alpha value is -2.14. The van der Waals surface area contributed by atoms with Crippen molar-refractivity contribution in [1.82, 2.24) is 4.98 Å². The van der Waals surface area contributed by atoms with Crippen molar-refractivity contribution in [3.8, 4) is 0 Å². The van der Waals surface area contributed by atoms with Crippen LogP contribution in [0.25, 0.3) is 10.9 Å². The number of nitrogens with zero attached hydrogens (tertiary/aromatic N) is 2. The maximum absolute atomic E-state index is 11.7. The van der Waals surface area contributed by atoms with E-state index in [1.54, 1.807) is 6.20 Å². The standard InChI is InChI=1S/C15H18N4O/c16-10-4-3-7-19(9-10)14-11-5-1-2-6-13(11)18-8-12(14)15(17)20/h1-2,5-6,8,10H,3-4,7,9,16H2,(H2,17,20). The first-order valence-electron chi connectivity index (χ1n) is 6.85. The van der Waals surface area contributed by atoms with Crippen LogP contribution in [-0.2, 0) is 0 Å². The van der Waals surface area contributed by atoms with Gasteiger partial charge >= 0.3 is 0 Å².